The highest BCUT2D eigenvalue weighted by Gasteiger charge is 2.20. The first kappa shape index (κ1) is 18.2. The largest absolute Gasteiger partial charge is 0.362 e. The van der Waals surface area contributed by atoms with Gasteiger partial charge in [-0.2, -0.15) is 0 Å². The van der Waals surface area contributed by atoms with Crippen molar-refractivity contribution < 1.29 is 0 Å². The molecule has 0 unspecified atom stereocenters. The van der Waals surface area contributed by atoms with Gasteiger partial charge in [0.05, 0.1) is 6.04 Å². The molecule has 3 rings (SSSR count). The Kier molecular flexibility index (Phi) is 6.39. The van der Waals surface area contributed by atoms with Crippen molar-refractivity contribution in [2.45, 2.75) is 12.5 Å². The van der Waals surface area contributed by atoms with E-state index >= 15 is 0 Å². The van der Waals surface area contributed by atoms with Crippen molar-refractivity contribution in [3.05, 3.63) is 108 Å². The highest BCUT2D eigenvalue weighted by molar-refractivity contribution is 7.80. The molecule has 132 valence electrons. The van der Waals surface area contributed by atoms with E-state index in [9.17, 15) is 0 Å². The summed E-state index contributed by atoms with van der Waals surface area (Å²) >= 11 is 5.68. The van der Waals surface area contributed by atoms with Crippen molar-refractivity contribution in [3.8, 4) is 0 Å². The molecule has 0 amide bonds. The van der Waals surface area contributed by atoms with Crippen LogP contribution in [0.1, 0.15) is 22.7 Å². The lowest BCUT2D eigenvalue weighted by Gasteiger charge is -2.31. The van der Waals surface area contributed by atoms with Gasteiger partial charge in [0.1, 0.15) is 0 Å². The molecule has 0 aliphatic carbocycles. The predicted molar refractivity (Wildman–Crippen MR) is 113 cm³/mol. The van der Waals surface area contributed by atoms with Crippen LogP contribution in [0.5, 0.6) is 0 Å². The summed E-state index contributed by atoms with van der Waals surface area (Å²) in [5.41, 5.74) is 3.77. The van der Waals surface area contributed by atoms with E-state index in [0.717, 1.165) is 18.1 Å². The lowest BCUT2D eigenvalue weighted by atomic mass is 9.98. The minimum absolute atomic E-state index is 0.0918. The lowest BCUT2D eigenvalue weighted by Crippen LogP contribution is -2.40. The third kappa shape index (κ3) is 4.70. The molecule has 1 N–H and O–H groups in total. The summed E-state index contributed by atoms with van der Waals surface area (Å²) in [6, 6.07) is 31.6. The van der Waals surface area contributed by atoms with Gasteiger partial charge < -0.3 is 10.2 Å². The van der Waals surface area contributed by atoms with Gasteiger partial charge in [0.25, 0.3) is 0 Å². The van der Waals surface area contributed by atoms with Crippen LogP contribution in [0.25, 0.3) is 0 Å². The molecule has 0 aromatic heterocycles. The molecule has 3 aromatic rings. The van der Waals surface area contributed by atoms with Crippen LogP contribution in [-0.2, 0) is 6.42 Å². The Hall–Kier alpha value is -2.65. The topological polar surface area (TPSA) is 15.3 Å². The summed E-state index contributed by atoms with van der Waals surface area (Å²) < 4.78 is 0. The molecule has 0 aliphatic rings. The normalized spacial score (nSPS) is 10.5. The Morgan fingerprint density at radius 1 is 0.808 bits per heavy atom. The Morgan fingerprint density at radius 3 is 1.77 bits per heavy atom. The summed E-state index contributed by atoms with van der Waals surface area (Å²) in [5.74, 6) is 0. The van der Waals surface area contributed by atoms with Crippen LogP contribution >= 0.6 is 12.2 Å². The second-order valence-corrected chi connectivity index (χ2v) is 6.69. The van der Waals surface area contributed by atoms with E-state index < -0.39 is 0 Å². The van der Waals surface area contributed by atoms with Crippen LogP contribution in [0.2, 0.25) is 0 Å². The second kappa shape index (κ2) is 9.16. The smallest absolute Gasteiger partial charge is 0.169 e. The van der Waals surface area contributed by atoms with E-state index in [2.05, 4.69) is 90.1 Å². The zero-order chi connectivity index (χ0) is 18.2. The van der Waals surface area contributed by atoms with E-state index in [0.29, 0.717) is 0 Å². The molecule has 2 nitrogen and oxygen atoms in total. The number of hydrogen-bond acceptors (Lipinski definition) is 1. The van der Waals surface area contributed by atoms with E-state index in [4.69, 9.17) is 12.2 Å². The molecule has 3 aromatic carbocycles. The monoisotopic (exact) mass is 360 g/mol. The van der Waals surface area contributed by atoms with Crippen molar-refractivity contribution in [1.29, 1.82) is 0 Å². The fourth-order valence-electron chi connectivity index (χ4n) is 3.11. The summed E-state index contributed by atoms with van der Waals surface area (Å²) in [6.07, 6.45) is 0.955. The molecule has 0 saturated carbocycles. The first-order valence-electron chi connectivity index (χ1n) is 8.90. The maximum absolute atomic E-state index is 5.68. The minimum Gasteiger partial charge on any atom is -0.362 e. The molecular formula is C23H24N2S. The van der Waals surface area contributed by atoms with E-state index in [-0.39, 0.29) is 6.04 Å². The molecular weight excluding hydrogens is 336 g/mol. The van der Waals surface area contributed by atoms with Crippen molar-refractivity contribution >= 4 is 17.3 Å². The first-order valence-corrected chi connectivity index (χ1v) is 9.31. The summed E-state index contributed by atoms with van der Waals surface area (Å²) in [7, 11) is 2.06. The van der Waals surface area contributed by atoms with Crippen molar-refractivity contribution in [2.24, 2.45) is 0 Å². The highest BCUT2D eigenvalue weighted by atomic mass is 32.1. The van der Waals surface area contributed by atoms with Crippen LogP contribution in [0, 0.1) is 0 Å². The number of hydrogen-bond donors (Lipinski definition) is 1. The summed E-state index contributed by atoms with van der Waals surface area (Å²) in [4.78, 5) is 2.14. The SMILES string of the molecule is CN(C(=S)NCCc1ccccc1)C(c1ccccc1)c1ccccc1. The molecule has 0 aliphatic heterocycles. The van der Waals surface area contributed by atoms with E-state index in [1.54, 1.807) is 0 Å². The van der Waals surface area contributed by atoms with E-state index in [1.807, 2.05) is 18.2 Å². The molecule has 0 atom stereocenters. The Morgan fingerprint density at radius 2 is 1.27 bits per heavy atom. The average molecular weight is 361 g/mol. The molecule has 0 spiro atoms. The Balaban J connectivity index is 1.71. The van der Waals surface area contributed by atoms with Crippen molar-refractivity contribution in [3.63, 3.8) is 0 Å². The van der Waals surface area contributed by atoms with E-state index in [1.165, 1.54) is 16.7 Å². The summed E-state index contributed by atoms with van der Waals surface area (Å²) in [5, 5.41) is 4.17. The number of rotatable bonds is 6. The maximum atomic E-state index is 5.68. The lowest BCUT2D eigenvalue weighted by molar-refractivity contribution is 0.420. The fourth-order valence-corrected chi connectivity index (χ4v) is 3.32. The molecule has 0 saturated heterocycles. The van der Waals surface area contributed by atoms with Gasteiger partial charge in [-0.05, 0) is 35.3 Å². The van der Waals surface area contributed by atoms with Gasteiger partial charge in [0.15, 0.2) is 5.11 Å². The third-order valence-corrected chi connectivity index (χ3v) is 4.90. The van der Waals surface area contributed by atoms with Gasteiger partial charge in [0.2, 0.25) is 0 Å². The molecule has 0 fully saturated rings. The zero-order valence-electron chi connectivity index (χ0n) is 15.0. The quantitative estimate of drug-likeness (QED) is 0.634. The maximum Gasteiger partial charge on any atom is 0.169 e. The minimum atomic E-state index is 0.0918. The highest BCUT2D eigenvalue weighted by Crippen LogP contribution is 2.27. The van der Waals surface area contributed by atoms with Gasteiger partial charge in [0, 0.05) is 13.6 Å². The van der Waals surface area contributed by atoms with Crippen LogP contribution in [0.4, 0.5) is 0 Å². The molecule has 3 heteroatoms. The molecule has 26 heavy (non-hydrogen) atoms. The fraction of sp³-hybridized carbons (Fsp3) is 0.174. The van der Waals surface area contributed by atoms with Crippen LogP contribution < -0.4 is 5.32 Å². The van der Waals surface area contributed by atoms with Gasteiger partial charge in [-0.15, -0.1) is 0 Å². The van der Waals surface area contributed by atoms with Crippen LogP contribution in [0.15, 0.2) is 91.0 Å². The van der Waals surface area contributed by atoms with Crippen LogP contribution in [-0.4, -0.2) is 23.6 Å². The van der Waals surface area contributed by atoms with Gasteiger partial charge in [-0.1, -0.05) is 91.0 Å². The summed E-state index contributed by atoms with van der Waals surface area (Å²) in [6.45, 7) is 0.823. The van der Waals surface area contributed by atoms with Gasteiger partial charge >= 0.3 is 0 Å². The second-order valence-electron chi connectivity index (χ2n) is 6.30. The standard InChI is InChI=1S/C23H24N2S/c1-25(23(26)24-18-17-19-11-5-2-6-12-19)22(20-13-7-3-8-14-20)21-15-9-4-10-16-21/h2-16,22H,17-18H2,1H3,(H,24,26). The predicted octanol–water partition coefficient (Wildman–Crippen LogP) is 4.83. The average Bonchev–Trinajstić information content (AvgIpc) is 2.70. The van der Waals surface area contributed by atoms with Crippen molar-refractivity contribution in [2.75, 3.05) is 13.6 Å². The van der Waals surface area contributed by atoms with Gasteiger partial charge in [-0.25, -0.2) is 0 Å². The number of nitrogens with one attached hydrogen (secondary N) is 1. The number of nitrogens with zero attached hydrogens (tertiary/aromatic N) is 1. The zero-order valence-corrected chi connectivity index (χ0v) is 15.8. The third-order valence-electron chi connectivity index (χ3n) is 4.47. The van der Waals surface area contributed by atoms with Gasteiger partial charge in [-0.3, -0.25) is 0 Å². The van der Waals surface area contributed by atoms with Crippen molar-refractivity contribution in [1.82, 2.24) is 10.2 Å². The Bertz CT molecular complexity index is 764. The molecule has 0 bridgehead atoms. The number of thiocarbonyl (C=S) groups is 1. The Labute approximate surface area is 161 Å². The molecule has 0 heterocycles. The number of benzene rings is 3. The first-order chi connectivity index (χ1) is 12.8. The van der Waals surface area contributed by atoms with Crippen LogP contribution in [0.3, 0.4) is 0 Å². The molecule has 0 radical (unpaired) electrons.